The summed E-state index contributed by atoms with van der Waals surface area (Å²) in [5.74, 6) is 2.76. The maximum Gasteiger partial charge on any atom is 0.201 e. The van der Waals surface area contributed by atoms with Crippen LogP contribution in [0.5, 0.6) is 0 Å². The first kappa shape index (κ1) is 13.3. The maximum atomic E-state index is 6.12. The molecule has 0 N–H and O–H groups in total. The Kier molecular flexibility index (Phi) is 2.45. The summed E-state index contributed by atoms with van der Waals surface area (Å²) in [5, 5.41) is 0. The molecule has 2 heterocycles. The smallest absolute Gasteiger partial charge is 0.201 e. The van der Waals surface area contributed by atoms with Crippen molar-refractivity contribution >= 4 is 0 Å². The van der Waals surface area contributed by atoms with Crippen LogP contribution in [0.2, 0.25) is 0 Å². The van der Waals surface area contributed by atoms with E-state index in [1.165, 1.54) is 38.5 Å². The molecule has 3 aliphatic carbocycles. The standard InChI is InChI=1S/C18H28O3/c1-16-8-6-11-10-17(11,2)14(16)5-4-12-13(16)7-9-18(3)19-15(12)20-21-18/h11-15H,4-10H2,1-3H3/t11-,12?,13-,14+,15?,16+,17+,18?/m1/s1. The quantitative estimate of drug-likeness (QED) is 0.624. The van der Waals surface area contributed by atoms with Crippen LogP contribution in [0.1, 0.15) is 65.7 Å². The van der Waals surface area contributed by atoms with Gasteiger partial charge in [-0.15, -0.1) is 0 Å². The van der Waals surface area contributed by atoms with Gasteiger partial charge in [-0.2, -0.15) is 4.89 Å². The zero-order valence-corrected chi connectivity index (χ0v) is 13.6. The third kappa shape index (κ3) is 1.61. The van der Waals surface area contributed by atoms with Crippen LogP contribution in [0.15, 0.2) is 0 Å². The molecule has 3 heteroatoms. The Labute approximate surface area is 127 Å². The highest BCUT2D eigenvalue weighted by Gasteiger charge is 2.67. The molecule has 118 valence electrons. The van der Waals surface area contributed by atoms with Crippen LogP contribution < -0.4 is 0 Å². The summed E-state index contributed by atoms with van der Waals surface area (Å²) in [6, 6.07) is 0. The van der Waals surface area contributed by atoms with Gasteiger partial charge in [0.1, 0.15) is 0 Å². The van der Waals surface area contributed by atoms with Gasteiger partial charge in [-0.25, -0.2) is 4.89 Å². The Morgan fingerprint density at radius 3 is 2.62 bits per heavy atom. The fourth-order valence-electron chi connectivity index (χ4n) is 6.88. The molecule has 3 unspecified atom stereocenters. The minimum atomic E-state index is -0.492. The van der Waals surface area contributed by atoms with Gasteiger partial charge in [-0.3, -0.25) is 0 Å². The molecule has 0 aromatic heterocycles. The number of rotatable bonds is 0. The molecule has 2 saturated heterocycles. The van der Waals surface area contributed by atoms with E-state index in [9.17, 15) is 0 Å². The fraction of sp³-hybridized carbons (Fsp3) is 1.00. The Morgan fingerprint density at radius 2 is 1.76 bits per heavy atom. The summed E-state index contributed by atoms with van der Waals surface area (Å²) in [6.07, 6.45) is 9.09. The second-order valence-electron chi connectivity index (χ2n) is 9.19. The fourth-order valence-corrected chi connectivity index (χ4v) is 6.88. The molecule has 0 radical (unpaired) electrons. The van der Waals surface area contributed by atoms with E-state index < -0.39 is 5.79 Å². The minimum Gasteiger partial charge on any atom is -0.315 e. The van der Waals surface area contributed by atoms with Gasteiger partial charge in [-0.05, 0) is 74.0 Å². The first-order valence-electron chi connectivity index (χ1n) is 8.97. The molecule has 2 aliphatic heterocycles. The Morgan fingerprint density at radius 1 is 0.905 bits per heavy atom. The Bertz CT molecular complexity index is 479. The van der Waals surface area contributed by atoms with Gasteiger partial charge in [0, 0.05) is 12.3 Å². The zero-order valence-electron chi connectivity index (χ0n) is 13.6. The van der Waals surface area contributed by atoms with E-state index in [0.29, 0.717) is 16.7 Å². The van der Waals surface area contributed by atoms with Crippen molar-refractivity contribution in [2.45, 2.75) is 77.8 Å². The van der Waals surface area contributed by atoms with Crippen LogP contribution in [0.3, 0.4) is 0 Å². The van der Waals surface area contributed by atoms with Gasteiger partial charge in [0.2, 0.25) is 5.79 Å². The number of hydrogen-bond acceptors (Lipinski definition) is 3. The largest absolute Gasteiger partial charge is 0.315 e. The summed E-state index contributed by atoms with van der Waals surface area (Å²) in [5.41, 5.74) is 1.16. The molecule has 3 nitrogen and oxygen atoms in total. The van der Waals surface area contributed by atoms with Crippen molar-refractivity contribution in [3.8, 4) is 0 Å². The predicted molar refractivity (Wildman–Crippen MR) is 77.9 cm³/mol. The first-order chi connectivity index (χ1) is 9.95. The van der Waals surface area contributed by atoms with Gasteiger partial charge in [0.15, 0.2) is 6.29 Å². The SMILES string of the molecule is CC12CC[C@@H]3C(CC[C@@H]4[C@@]5(C)C[C@H]5CC[C@]43C)C(OO1)O2. The molecule has 0 aromatic carbocycles. The third-order valence-corrected chi connectivity index (χ3v) is 8.18. The van der Waals surface area contributed by atoms with Gasteiger partial charge >= 0.3 is 0 Å². The molecule has 0 aromatic rings. The number of fused-ring (bicyclic) bond motifs is 8. The van der Waals surface area contributed by atoms with Crippen LogP contribution in [-0.2, 0) is 14.5 Å². The zero-order chi connectivity index (χ0) is 14.5. The molecule has 21 heavy (non-hydrogen) atoms. The van der Waals surface area contributed by atoms with Gasteiger partial charge < -0.3 is 4.74 Å². The van der Waals surface area contributed by atoms with E-state index in [-0.39, 0.29) is 6.29 Å². The van der Waals surface area contributed by atoms with E-state index in [0.717, 1.165) is 24.2 Å². The average molecular weight is 292 g/mol. The lowest BCUT2D eigenvalue weighted by atomic mass is 9.49. The van der Waals surface area contributed by atoms with E-state index in [4.69, 9.17) is 14.5 Å². The van der Waals surface area contributed by atoms with Crippen LogP contribution in [0.25, 0.3) is 0 Å². The van der Waals surface area contributed by atoms with E-state index in [1.54, 1.807) is 0 Å². The van der Waals surface area contributed by atoms with Crippen LogP contribution in [-0.4, -0.2) is 12.1 Å². The maximum absolute atomic E-state index is 6.12. The van der Waals surface area contributed by atoms with Gasteiger partial charge in [0.25, 0.3) is 0 Å². The summed E-state index contributed by atoms with van der Waals surface area (Å²) in [4.78, 5) is 11.1. The highest BCUT2D eigenvalue weighted by atomic mass is 17.3. The van der Waals surface area contributed by atoms with Crippen LogP contribution in [0, 0.1) is 34.5 Å². The van der Waals surface area contributed by atoms with Crippen molar-refractivity contribution < 1.29 is 14.5 Å². The molecule has 5 aliphatic rings. The highest BCUT2D eigenvalue weighted by molar-refractivity contribution is 5.15. The van der Waals surface area contributed by atoms with Gasteiger partial charge in [-0.1, -0.05) is 13.8 Å². The third-order valence-electron chi connectivity index (χ3n) is 8.18. The molecule has 0 spiro atoms. The molecular formula is C18H28O3. The Hall–Kier alpha value is -0.120. The van der Waals surface area contributed by atoms with E-state index >= 15 is 0 Å². The van der Waals surface area contributed by atoms with E-state index in [1.807, 2.05) is 6.92 Å². The lowest BCUT2D eigenvalue weighted by Crippen LogP contribution is -2.51. The molecule has 2 bridgehead atoms. The molecule has 8 atom stereocenters. The second-order valence-corrected chi connectivity index (χ2v) is 9.19. The monoisotopic (exact) mass is 292 g/mol. The average Bonchev–Trinajstić information content (AvgIpc) is 3.01. The summed E-state index contributed by atoms with van der Waals surface area (Å²) >= 11 is 0. The normalized spacial score (nSPS) is 65.0. The predicted octanol–water partition coefficient (Wildman–Crippen LogP) is 4.27. The molecule has 0 amide bonds. The lowest BCUT2D eigenvalue weighted by molar-refractivity contribution is -0.343. The van der Waals surface area contributed by atoms with Crippen molar-refractivity contribution in [3.63, 3.8) is 0 Å². The summed E-state index contributed by atoms with van der Waals surface area (Å²) in [7, 11) is 0. The minimum absolute atomic E-state index is 0.120. The van der Waals surface area contributed by atoms with Crippen molar-refractivity contribution in [2.75, 3.05) is 0 Å². The molecular weight excluding hydrogens is 264 g/mol. The molecule has 3 saturated carbocycles. The molecule has 5 fully saturated rings. The van der Waals surface area contributed by atoms with Crippen molar-refractivity contribution in [1.29, 1.82) is 0 Å². The van der Waals surface area contributed by atoms with Gasteiger partial charge in [0.05, 0.1) is 0 Å². The molecule has 5 rings (SSSR count). The second kappa shape index (κ2) is 3.85. The van der Waals surface area contributed by atoms with Crippen molar-refractivity contribution in [3.05, 3.63) is 0 Å². The summed E-state index contributed by atoms with van der Waals surface area (Å²) < 4.78 is 6.12. The summed E-state index contributed by atoms with van der Waals surface area (Å²) in [6.45, 7) is 7.21. The van der Waals surface area contributed by atoms with Crippen LogP contribution in [0.4, 0.5) is 0 Å². The van der Waals surface area contributed by atoms with Crippen LogP contribution >= 0.6 is 0 Å². The number of ether oxygens (including phenoxy) is 1. The highest BCUT2D eigenvalue weighted by Crippen LogP contribution is 2.74. The van der Waals surface area contributed by atoms with E-state index in [2.05, 4.69) is 13.8 Å². The number of hydrogen-bond donors (Lipinski definition) is 0. The van der Waals surface area contributed by atoms with Crippen molar-refractivity contribution in [2.24, 2.45) is 34.5 Å². The van der Waals surface area contributed by atoms with Crippen molar-refractivity contribution in [1.82, 2.24) is 0 Å². The Balaban J connectivity index is 1.51. The topological polar surface area (TPSA) is 27.7 Å². The first-order valence-corrected chi connectivity index (χ1v) is 8.97. The lowest BCUT2D eigenvalue weighted by Gasteiger charge is -2.56.